The second-order valence-corrected chi connectivity index (χ2v) is 5.61. The number of carbonyl (C=O) groups is 1. The molecule has 104 valence electrons. The maximum absolute atomic E-state index is 10.9. The lowest BCUT2D eigenvalue weighted by Gasteiger charge is -2.28. The second-order valence-electron chi connectivity index (χ2n) is 5.61. The SMILES string of the molecule is CCC1CCC(C)N1Cc1ccc(C(=O)O)cc1C. The van der Waals surface area contributed by atoms with E-state index >= 15 is 0 Å². The van der Waals surface area contributed by atoms with Crippen molar-refractivity contribution < 1.29 is 9.90 Å². The molecule has 0 amide bonds. The molecule has 2 unspecified atom stereocenters. The molecule has 0 bridgehead atoms. The first-order valence-electron chi connectivity index (χ1n) is 7.11. The van der Waals surface area contributed by atoms with Crippen LogP contribution in [-0.2, 0) is 6.54 Å². The molecule has 0 saturated carbocycles. The van der Waals surface area contributed by atoms with Crippen LogP contribution < -0.4 is 0 Å². The van der Waals surface area contributed by atoms with Crippen molar-refractivity contribution in [1.82, 2.24) is 4.90 Å². The zero-order valence-corrected chi connectivity index (χ0v) is 12.0. The number of aromatic carboxylic acids is 1. The van der Waals surface area contributed by atoms with E-state index in [1.807, 2.05) is 13.0 Å². The summed E-state index contributed by atoms with van der Waals surface area (Å²) in [5.41, 5.74) is 2.70. The maximum atomic E-state index is 10.9. The van der Waals surface area contributed by atoms with E-state index in [1.165, 1.54) is 24.8 Å². The minimum atomic E-state index is -0.851. The fourth-order valence-electron chi connectivity index (χ4n) is 3.05. The fraction of sp³-hybridized carbons (Fsp3) is 0.562. The monoisotopic (exact) mass is 261 g/mol. The van der Waals surface area contributed by atoms with Gasteiger partial charge in [-0.2, -0.15) is 0 Å². The molecule has 0 radical (unpaired) electrons. The van der Waals surface area contributed by atoms with Gasteiger partial charge in [-0.3, -0.25) is 4.90 Å². The number of hydrogen-bond acceptors (Lipinski definition) is 2. The topological polar surface area (TPSA) is 40.5 Å². The third-order valence-electron chi connectivity index (χ3n) is 4.37. The summed E-state index contributed by atoms with van der Waals surface area (Å²) in [7, 11) is 0. The highest BCUT2D eigenvalue weighted by Crippen LogP contribution is 2.28. The Morgan fingerprint density at radius 1 is 1.42 bits per heavy atom. The Hall–Kier alpha value is -1.35. The van der Waals surface area contributed by atoms with E-state index in [0.29, 0.717) is 17.6 Å². The molecule has 19 heavy (non-hydrogen) atoms. The van der Waals surface area contributed by atoms with Crippen LogP contribution in [0.25, 0.3) is 0 Å². The van der Waals surface area contributed by atoms with E-state index in [0.717, 1.165) is 12.1 Å². The zero-order valence-electron chi connectivity index (χ0n) is 12.0. The van der Waals surface area contributed by atoms with E-state index in [2.05, 4.69) is 18.7 Å². The highest BCUT2D eigenvalue weighted by atomic mass is 16.4. The predicted octanol–water partition coefficient (Wildman–Crippen LogP) is 3.46. The molecule has 1 fully saturated rings. The number of carboxylic acid groups (broad SMARTS) is 1. The molecular formula is C16H23NO2. The van der Waals surface area contributed by atoms with E-state index in [-0.39, 0.29) is 0 Å². The van der Waals surface area contributed by atoms with Crippen LogP contribution in [0, 0.1) is 6.92 Å². The molecule has 0 spiro atoms. The van der Waals surface area contributed by atoms with Gasteiger partial charge in [0.1, 0.15) is 0 Å². The second kappa shape index (κ2) is 5.74. The summed E-state index contributed by atoms with van der Waals surface area (Å²) in [4.78, 5) is 13.5. The van der Waals surface area contributed by atoms with Crippen LogP contribution >= 0.6 is 0 Å². The van der Waals surface area contributed by atoms with Crippen LogP contribution in [0.3, 0.4) is 0 Å². The van der Waals surface area contributed by atoms with Crippen molar-refractivity contribution in [1.29, 1.82) is 0 Å². The van der Waals surface area contributed by atoms with Crippen LogP contribution in [-0.4, -0.2) is 28.1 Å². The summed E-state index contributed by atoms with van der Waals surface area (Å²) >= 11 is 0. The Morgan fingerprint density at radius 2 is 2.16 bits per heavy atom. The van der Waals surface area contributed by atoms with Crippen LogP contribution in [0.2, 0.25) is 0 Å². The lowest BCUT2D eigenvalue weighted by Crippen LogP contribution is -2.33. The molecule has 1 heterocycles. The van der Waals surface area contributed by atoms with Gasteiger partial charge in [0.15, 0.2) is 0 Å². The summed E-state index contributed by atoms with van der Waals surface area (Å²) in [6.07, 6.45) is 3.74. The lowest BCUT2D eigenvalue weighted by molar-refractivity contribution is 0.0696. The van der Waals surface area contributed by atoms with Crippen molar-refractivity contribution in [3.05, 3.63) is 34.9 Å². The van der Waals surface area contributed by atoms with Crippen molar-refractivity contribution in [2.24, 2.45) is 0 Å². The number of nitrogens with zero attached hydrogens (tertiary/aromatic N) is 1. The molecule has 1 aliphatic heterocycles. The van der Waals surface area contributed by atoms with Gasteiger partial charge in [-0.25, -0.2) is 4.79 Å². The minimum absolute atomic E-state index is 0.378. The number of likely N-dealkylation sites (tertiary alicyclic amines) is 1. The van der Waals surface area contributed by atoms with Gasteiger partial charge in [0.05, 0.1) is 5.56 Å². The zero-order chi connectivity index (χ0) is 14.0. The third kappa shape index (κ3) is 2.98. The smallest absolute Gasteiger partial charge is 0.335 e. The Kier molecular flexibility index (Phi) is 4.25. The van der Waals surface area contributed by atoms with Gasteiger partial charge < -0.3 is 5.11 Å². The molecule has 2 atom stereocenters. The van der Waals surface area contributed by atoms with Gasteiger partial charge in [-0.1, -0.05) is 13.0 Å². The van der Waals surface area contributed by atoms with Crippen molar-refractivity contribution >= 4 is 5.97 Å². The number of carboxylic acids is 1. The summed E-state index contributed by atoms with van der Waals surface area (Å²) in [5, 5.41) is 9.00. The van der Waals surface area contributed by atoms with Crippen LogP contribution in [0.15, 0.2) is 18.2 Å². The molecule has 1 aliphatic rings. The van der Waals surface area contributed by atoms with Gasteiger partial charge in [0.25, 0.3) is 0 Å². The quantitative estimate of drug-likeness (QED) is 0.902. The molecule has 1 aromatic rings. The summed E-state index contributed by atoms with van der Waals surface area (Å²) in [6, 6.07) is 6.76. The first-order valence-corrected chi connectivity index (χ1v) is 7.11. The minimum Gasteiger partial charge on any atom is -0.478 e. The predicted molar refractivity (Wildman–Crippen MR) is 76.5 cm³/mol. The Morgan fingerprint density at radius 3 is 2.74 bits per heavy atom. The Labute approximate surface area is 115 Å². The molecule has 0 aliphatic carbocycles. The van der Waals surface area contributed by atoms with E-state index in [1.54, 1.807) is 12.1 Å². The van der Waals surface area contributed by atoms with Gasteiger partial charge in [-0.05, 0) is 56.4 Å². The first-order chi connectivity index (χ1) is 9.02. The molecule has 1 saturated heterocycles. The average molecular weight is 261 g/mol. The van der Waals surface area contributed by atoms with Gasteiger partial charge in [0, 0.05) is 18.6 Å². The number of rotatable bonds is 4. The average Bonchev–Trinajstić information content (AvgIpc) is 2.72. The largest absolute Gasteiger partial charge is 0.478 e. The molecular weight excluding hydrogens is 238 g/mol. The molecule has 3 heteroatoms. The molecule has 2 rings (SSSR count). The normalized spacial score (nSPS) is 23.7. The molecule has 1 aromatic carbocycles. The standard InChI is InChI=1S/C16H23NO2/c1-4-15-8-5-12(3)17(15)10-14-7-6-13(16(18)19)9-11(14)2/h6-7,9,12,15H,4-5,8,10H2,1-3H3,(H,18,19). The first kappa shape index (κ1) is 14.1. The van der Waals surface area contributed by atoms with Gasteiger partial charge >= 0.3 is 5.97 Å². The van der Waals surface area contributed by atoms with Gasteiger partial charge in [-0.15, -0.1) is 0 Å². The maximum Gasteiger partial charge on any atom is 0.335 e. The van der Waals surface area contributed by atoms with E-state index in [4.69, 9.17) is 5.11 Å². The highest BCUT2D eigenvalue weighted by molar-refractivity contribution is 5.87. The lowest BCUT2D eigenvalue weighted by atomic mass is 10.0. The van der Waals surface area contributed by atoms with E-state index < -0.39 is 5.97 Å². The summed E-state index contributed by atoms with van der Waals surface area (Å²) in [6.45, 7) is 7.47. The van der Waals surface area contributed by atoms with Crippen molar-refractivity contribution in [3.63, 3.8) is 0 Å². The molecule has 1 N–H and O–H groups in total. The fourth-order valence-corrected chi connectivity index (χ4v) is 3.05. The third-order valence-corrected chi connectivity index (χ3v) is 4.37. The van der Waals surface area contributed by atoms with Crippen molar-refractivity contribution in [2.45, 2.75) is 58.7 Å². The van der Waals surface area contributed by atoms with Crippen LogP contribution in [0.1, 0.15) is 54.6 Å². The molecule has 3 nitrogen and oxygen atoms in total. The Balaban J connectivity index is 2.17. The van der Waals surface area contributed by atoms with Crippen LogP contribution in [0.5, 0.6) is 0 Å². The highest BCUT2D eigenvalue weighted by Gasteiger charge is 2.29. The van der Waals surface area contributed by atoms with Crippen molar-refractivity contribution in [3.8, 4) is 0 Å². The number of benzene rings is 1. The number of hydrogen-bond donors (Lipinski definition) is 1. The summed E-state index contributed by atoms with van der Waals surface area (Å²) < 4.78 is 0. The summed E-state index contributed by atoms with van der Waals surface area (Å²) in [5.74, 6) is -0.851. The molecule has 0 aromatic heterocycles. The van der Waals surface area contributed by atoms with E-state index in [9.17, 15) is 4.79 Å². The van der Waals surface area contributed by atoms with Crippen molar-refractivity contribution in [2.75, 3.05) is 0 Å². The Bertz CT molecular complexity index is 470. The van der Waals surface area contributed by atoms with Crippen LogP contribution in [0.4, 0.5) is 0 Å². The van der Waals surface area contributed by atoms with Gasteiger partial charge in [0.2, 0.25) is 0 Å². The number of aryl methyl sites for hydroxylation is 1.